The Morgan fingerprint density at radius 2 is 1.96 bits per heavy atom. The summed E-state index contributed by atoms with van der Waals surface area (Å²) in [5.74, 6) is -0.214. The Bertz CT molecular complexity index is 860. The first-order valence-corrected chi connectivity index (χ1v) is 9.65. The average Bonchev–Trinajstić information content (AvgIpc) is 2.94. The van der Waals surface area contributed by atoms with Crippen LogP contribution in [0.4, 0.5) is 0 Å². The number of nitrogens with one attached hydrogen (secondary N) is 1. The van der Waals surface area contributed by atoms with Crippen LogP contribution in [0.2, 0.25) is 5.02 Å². The molecule has 0 unspecified atom stereocenters. The van der Waals surface area contributed by atoms with E-state index in [2.05, 4.69) is 5.32 Å². The minimum atomic E-state index is -0.543. The number of aromatic nitrogens is 1. The Hall–Kier alpha value is -2.47. The molecule has 1 amide bonds. The summed E-state index contributed by atoms with van der Waals surface area (Å²) in [6.45, 7) is 7.36. The molecule has 0 spiro atoms. The van der Waals surface area contributed by atoms with E-state index < -0.39 is 5.97 Å². The summed E-state index contributed by atoms with van der Waals surface area (Å²) in [7, 11) is 1.58. The van der Waals surface area contributed by atoms with Gasteiger partial charge in [-0.05, 0) is 51.5 Å². The molecule has 7 heteroatoms. The predicted molar refractivity (Wildman–Crippen MR) is 110 cm³/mol. The molecular weight excluding hydrogens is 380 g/mol. The van der Waals surface area contributed by atoms with Gasteiger partial charge in [0.25, 0.3) is 5.91 Å². The molecule has 1 atom stereocenters. The molecule has 1 heterocycles. The van der Waals surface area contributed by atoms with Crippen LogP contribution in [0, 0.1) is 13.8 Å². The van der Waals surface area contributed by atoms with Gasteiger partial charge >= 0.3 is 5.97 Å². The van der Waals surface area contributed by atoms with Gasteiger partial charge in [0.05, 0.1) is 18.4 Å². The number of esters is 1. The topological polar surface area (TPSA) is 69.6 Å². The Morgan fingerprint density at radius 1 is 1.25 bits per heavy atom. The fourth-order valence-electron chi connectivity index (χ4n) is 3.21. The van der Waals surface area contributed by atoms with Crippen molar-refractivity contribution in [3.05, 3.63) is 46.2 Å². The van der Waals surface area contributed by atoms with Crippen LogP contribution in [0.3, 0.4) is 0 Å². The third-order valence-corrected chi connectivity index (χ3v) is 4.73. The van der Waals surface area contributed by atoms with Crippen LogP contribution in [0.5, 0.6) is 5.75 Å². The second-order valence-corrected chi connectivity index (χ2v) is 7.21. The summed E-state index contributed by atoms with van der Waals surface area (Å²) in [4.78, 5) is 24.5. The van der Waals surface area contributed by atoms with E-state index in [4.69, 9.17) is 21.1 Å². The molecular formula is C21H27ClN2O4. The van der Waals surface area contributed by atoms with Crippen LogP contribution in [-0.2, 0) is 9.53 Å². The Balaban J connectivity index is 2.18. The number of amides is 1. The average molecular weight is 407 g/mol. The van der Waals surface area contributed by atoms with E-state index in [9.17, 15) is 9.59 Å². The molecule has 152 valence electrons. The standard InChI is InChI=1S/C21H27ClN2O4/c1-6-7-13(2)23-20(25)12-28-21(26)17-10-14(3)24(15(17)4)18-11-16(22)8-9-19(18)27-5/h8-11,13H,6-7,12H2,1-5H3,(H,23,25)/t13-/m0/s1. The zero-order valence-corrected chi connectivity index (χ0v) is 17.7. The molecule has 2 rings (SSSR count). The van der Waals surface area contributed by atoms with E-state index >= 15 is 0 Å². The first-order chi connectivity index (χ1) is 13.3. The normalized spacial score (nSPS) is 11.8. The van der Waals surface area contributed by atoms with E-state index in [1.807, 2.05) is 32.3 Å². The quantitative estimate of drug-likeness (QED) is 0.666. The highest BCUT2D eigenvalue weighted by atomic mass is 35.5. The minimum absolute atomic E-state index is 0.0524. The molecule has 0 saturated heterocycles. The molecule has 1 aromatic heterocycles. The van der Waals surface area contributed by atoms with Crippen LogP contribution in [0.15, 0.2) is 24.3 Å². The molecule has 2 aromatic rings. The second-order valence-electron chi connectivity index (χ2n) is 6.77. The summed E-state index contributed by atoms with van der Waals surface area (Å²) >= 11 is 6.14. The van der Waals surface area contributed by atoms with Gasteiger partial charge in [-0.3, -0.25) is 4.79 Å². The number of methoxy groups -OCH3 is 1. The molecule has 28 heavy (non-hydrogen) atoms. The lowest BCUT2D eigenvalue weighted by molar-refractivity contribution is -0.124. The van der Waals surface area contributed by atoms with Crippen molar-refractivity contribution in [2.24, 2.45) is 0 Å². The number of halogens is 1. The highest BCUT2D eigenvalue weighted by Crippen LogP contribution is 2.30. The SMILES string of the molecule is CCC[C@H](C)NC(=O)COC(=O)c1cc(C)n(-c2cc(Cl)ccc2OC)c1C. The fourth-order valence-corrected chi connectivity index (χ4v) is 3.37. The summed E-state index contributed by atoms with van der Waals surface area (Å²) in [5, 5.41) is 3.37. The van der Waals surface area contributed by atoms with Crippen LogP contribution >= 0.6 is 11.6 Å². The minimum Gasteiger partial charge on any atom is -0.495 e. The number of carbonyl (C=O) groups excluding carboxylic acids is 2. The summed E-state index contributed by atoms with van der Waals surface area (Å²) in [5.41, 5.74) is 2.64. The summed E-state index contributed by atoms with van der Waals surface area (Å²) in [6, 6.07) is 7.08. The number of aryl methyl sites for hydroxylation is 1. The zero-order valence-electron chi connectivity index (χ0n) is 17.0. The maximum absolute atomic E-state index is 12.5. The van der Waals surface area contributed by atoms with Crippen molar-refractivity contribution in [3.63, 3.8) is 0 Å². The number of ether oxygens (including phenoxy) is 2. The molecule has 0 aliphatic rings. The largest absolute Gasteiger partial charge is 0.495 e. The van der Waals surface area contributed by atoms with Gasteiger partial charge in [-0.2, -0.15) is 0 Å². The lowest BCUT2D eigenvalue weighted by Crippen LogP contribution is -2.35. The van der Waals surface area contributed by atoms with Crippen molar-refractivity contribution in [2.75, 3.05) is 13.7 Å². The van der Waals surface area contributed by atoms with Gasteiger partial charge in [0.2, 0.25) is 0 Å². The van der Waals surface area contributed by atoms with E-state index in [0.29, 0.717) is 22.0 Å². The van der Waals surface area contributed by atoms with Crippen LogP contribution in [-0.4, -0.2) is 36.2 Å². The third kappa shape index (κ3) is 5.07. The van der Waals surface area contributed by atoms with Gasteiger partial charge in [-0.15, -0.1) is 0 Å². The van der Waals surface area contributed by atoms with Gasteiger partial charge in [-0.25, -0.2) is 4.79 Å². The molecule has 0 aliphatic heterocycles. The lowest BCUT2D eigenvalue weighted by Gasteiger charge is -2.14. The fraction of sp³-hybridized carbons (Fsp3) is 0.429. The van der Waals surface area contributed by atoms with Gasteiger partial charge in [0.15, 0.2) is 6.61 Å². The number of benzene rings is 1. The van der Waals surface area contributed by atoms with Crippen molar-refractivity contribution in [1.29, 1.82) is 0 Å². The van der Waals surface area contributed by atoms with Crippen molar-refractivity contribution < 1.29 is 19.1 Å². The maximum Gasteiger partial charge on any atom is 0.340 e. The Labute approximate surface area is 170 Å². The molecule has 0 saturated carbocycles. The van der Waals surface area contributed by atoms with Gasteiger partial charge in [0.1, 0.15) is 5.75 Å². The Kier molecular flexibility index (Phi) is 7.52. The number of hydrogen-bond acceptors (Lipinski definition) is 4. The predicted octanol–water partition coefficient (Wildman–Crippen LogP) is 4.22. The van der Waals surface area contributed by atoms with Crippen molar-refractivity contribution >= 4 is 23.5 Å². The van der Waals surface area contributed by atoms with Gasteiger partial charge in [-0.1, -0.05) is 24.9 Å². The first kappa shape index (κ1) is 21.8. The van der Waals surface area contributed by atoms with E-state index in [1.54, 1.807) is 31.4 Å². The van der Waals surface area contributed by atoms with E-state index in [1.165, 1.54) is 0 Å². The molecule has 1 aromatic carbocycles. The van der Waals surface area contributed by atoms with E-state index in [-0.39, 0.29) is 18.6 Å². The monoisotopic (exact) mass is 406 g/mol. The summed E-state index contributed by atoms with van der Waals surface area (Å²) < 4.78 is 12.5. The van der Waals surface area contributed by atoms with E-state index in [0.717, 1.165) is 24.2 Å². The highest BCUT2D eigenvalue weighted by Gasteiger charge is 2.21. The molecule has 0 fully saturated rings. The maximum atomic E-state index is 12.5. The first-order valence-electron chi connectivity index (χ1n) is 9.27. The summed E-state index contributed by atoms with van der Waals surface area (Å²) in [6.07, 6.45) is 1.85. The second kappa shape index (κ2) is 9.64. The number of rotatable bonds is 8. The molecule has 6 nitrogen and oxygen atoms in total. The van der Waals surface area contributed by atoms with Crippen LogP contribution in [0.1, 0.15) is 48.4 Å². The van der Waals surface area contributed by atoms with Crippen LogP contribution in [0.25, 0.3) is 5.69 Å². The molecule has 0 radical (unpaired) electrons. The molecule has 0 bridgehead atoms. The smallest absolute Gasteiger partial charge is 0.340 e. The Morgan fingerprint density at radius 3 is 2.61 bits per heavy atom. The van der Waals surface area contributed by atoms with Crippen molar-refractivity contribution in [2.45, 2.75) is 46.6 Å². The molecule has 1 N–H and O–H groups in total. The van der Waals surface area contributed by atoms with Crippen LogP contribution < -0.4 is 10.1 Å². The van der Waals surface area contributed by atoms with Gasteiger partial charge in [0, 0.05) is 22.5 Å². The number of hydrogen-bond donors (Lipinski definition) is 1. The van der Waals surface area contributed by atoms with Crippen molar-refractivity contribution in [1.82, 2.24) is 9.88 Å². The zero-order chi connectivity index (χ0) is 20.8. The third-order valence-electron chi connectivity index (χ3n) is 4.50. The number of nitrogens with zero attached hydrogens (tertiary/aromatic N) is 1. The molecule has 0 aliphatic carbocycles. The van der Waals surface area contributed by atoms with Crippen molar-refractivity contribution in [3.8, 4) is 11.4 Å². The van der Waals surface area contributed by atoms with Gasteiger partial charge < -0.3 is 19.4 Å². The lowest BCUT2D eigenvalue weighted by atomic mass is 10.2. The number of carbonyl (C=O) groups is 2. The highest BCUT2D eigenvalue weighted by molar-refractivity contribution is 6.30.